The molecule has 26 heteroatoms. The van der Waals surface area contributed by atoms with E-state index in [-0.39, 0.29) is 34.8 Å². The number of fused-ring (bicyclic) bond motifs is 8. The van der Waals surface area contributed by atoms with Gasteiger partial charge in [0.1, 0.15) is 40.0 Å². The molecule has 18 aromatic rings. The van der Waals surface area contributed by atoms with E-state index in [0.29, 0.717) is 30.0 Å². The van der Waals surface area contributed by atoms with Crippen molar-refractivity contribution < 1.29 is 34.8 Å². The van der Waals surface area contributed by atoms with Crippen molar-refractivity contribution in [3.8, 4) is 73.9 Å². The Bertz CT molecular complexity index is 7090. The molecular weight excluding hydrogens is 1580 g/mol. The second-order valence-electron chi connectivity index (χ2n) is 33.6. The fourth-order valence-electron chi connectivity index (χ4n) is 17.9. The van der Waals surface area contributed by atoms with Crippen molar-refractivity contribution in [1.29, 1.82) is 0 Å². The monoisotopic (exact) mass is 1680 g/mol. The van der Waals surface area contributed by atoms with Gasteiger partial charge in [-0.3, -0.25) is 19.8 Å². The molecule has 640 valence electrons. The van der Waals surface area contributed by atoms with Gasteiger partial charge >= 0.3 is 0 Å². The van der Waals surface area contributed by atoms with Gasteiger partial charge in [0.25, 0.3) is 11.8 Å². The average molecular weight is 1680 g/mol. The maximum Gasteiger partial charge on any atom is 0.254 e. The molecule has 126 heavy (non-hydrogen) atoms. The number of hydrogen-bond acceptors (Lipinski definition) is 15. The normalized spacial score (nSPS) is 13.9. The SMILES string of the molecule is CN(C)CCCn1cc(-c2cn[nH]c2-c2cc3ccccc3[nH]2)c2cc(O)ccc21.CN(C)CCCn1cc(C2=C(c3c[nH]c4ccccc34)C(=O)NC2)c2cc(O)ccc21.CN(C)CCCn1cc(C2=C(c3cc4ccccc4[nH]3)C(=O)NC2)c2cc(O)ccc21.COc1cc(O)ccc1-c1ccc2c(-c3nc4c(N5CCN(C)CC5)cccc4[nH]3)n[nH]c2c1. The summed E-state index contributed by atoms with van der Waals surface area (Å²) in [6.07, 6.45) is 13.3. The molecule has 0 unspecified atom stereocenters. The van der Waals surface area contributed by atoms with E-state index < -0.39 is 0 Å². The predicted molar refractivity (Wildman–Crippen MR) is 506 cm³/mol. The van der Waals surface area contributed by atoms with Gasteiger partial charge in [-0.25, -0.2) is 4.98 Å². The van der Waals surface area contributed by atoms with Crippen LogP contribution in [-0.4, -0.2) is 226 Å². The minimum atomic E-state index is -0.0739. The van der Waals surface area contributed by atoms with Crippen LogP contribution in [0.1, 0.15) is 41.6 Å². The number of H-pyrrole nitrogens is 6. The van der Waals surface area contributed by atoms with E-state index in [9.17, 15) is 30.0 Å². The van der Waals surface area contributed by atoms with Crippen LogP contribution in [-0.2, 0) is 29.2 Å². The summed E-state index contributed by atoms with van der Waals surface area (Å²) in [7, 11) is 16.2. The second-order valence-corrected chi connectivity index (χ2v) is 33.6. The molecule has 0 atom stereocenters. The number of hydrogen-bond donors (Lipinski definition) is 12. The van der Waals surface area contributed by atoms with E-state index >= 15 is 0 Å². The van der Waals surface area contributed by atoms with E-state index in [2.05, 4.69) is 193 Å². The molecule has 0 radical (unpaired) electrons. The Morgan fingerprint density at radius 1 is 0.452 bits per heavy atom. The summed E-state index contributed by atoms with van der Waals surface area (Å²) in [6.45, 7) is 10.7. The highest BCUT2D eigenvalue weighted by atomic mass is 16.5. The van der Waals surface area contributed by atoms with Gasteiger partial charge in [-0.2, -0.15) is 10.2 Å². The van der Waals surface area contributed by atoms with Crippen molar-refractivity contribution in [2.75, 3.05) is 120 Å². The number of phenols is 4. The van der Waals surface area contributed by atoms with Crippen LogP contribution in [0.3, 0.4) is 0 Å². The zero-order chi connectivity index (χ0) is 87.0. The number of likely N-dealkylation sites (N-methyl/N-ethyl adjacent to an activating group) is 1. The summed E-state index contributed by atoms with van der Waals surface area (Å²) < 4.78 is 12.2. The number of aryl methyl sites for hydroxylation is 3. The largest absolute Gasteiger partial charge is 0.508 e. The minimum Gasteiger partial charge on any atom is -0.508 e. The molecule has 0 aliphatic carbocycles. The van der Waals surface area contributed by atoms with Gasteiger partial charge in [0.2, 0.25) is 0 Å². The zero-order valence-corrected chi connectivity index (χ0v) is 71.9. The van der Waals surface area contributed by atoms with Crippen molar-refractivity contribution >= 4 is 127 Å². The summed E-state index contributed by atoms with van der Waals surface area (Å²) >= 11 is 0. The first-order valence-corrected chi connectivity index (χ1v) is 42.7. The van der Waals surface area contributed by atoms with Gasteiger partial charge in [0.05, 0.1) is 58.3 Å². The smallest absolute Gasteiger partial charge is 0.254 e. The fraction of sp³-hybridized carbons (Fsp3) is 0.230. The molecule has 26 nitrogen and oxygen atoms in total. The number of benzene rings is 9. The quantitative estimate of drug-likeness (QED) is 0.0300. The average Bonchev–Trinajstić information content (AvgIpc) is 1.61. The number of nitrogens with one attached hydrogen (secondary N) is 8. The lowest BCUT2D eigenvalue weighted by molar-refractivity contribution is -0.115. The Kier molecular flexibility index (Phi) is 23.1. The molecule has 2 amide bonds. The van der Waals surface area contributed by atoms with E-state index in [4.69, 9.17) is 9.72 Å². The van der Waals surface area contributed by atoms with Gasteiger partial charge in [0.15, 0.2) is 5.82 Å². The number of aromatic amines is 6. The number of imidazole rings is 1. The molecule has 9 aromatic heterocycles. The lowest BCUT2D eigenvalue weighted by Crippen LogP contribution is -2.44. The standard InChI is InChI=1S/C26H26N6O2.2C25H26N4O2.C24H25N5O/c1-31-10-12-32(13-11-31)22-5-3-4-20-25(22)28-26(27-20)24-19-8-6-16(14-21(19)29-30-24)18-9-7-17(33)15-23(18)34-2;1-28(2)10-5-11-29-15-21(18-12-16(30)8-9-23(18)29)20-14-27-25(31)24(20)19-13-26-22-7-4-3-6-17(19)22;1-28(2)10-5-11-29-15-20(18-13-17(30)8-9-23(18)29)19-14-26-25(31)24(19)22-12-16-6-3-4-7-21(16)27-22;1-28(2)10-5-11-29-15-20(18-13-17(30)8-9-23(18)29)19-14-25-27-24(19)22-12-16-6-3-4-7-21(16)26-22/h3-9,14-15,33H,10-13H2,1-2H3,(H,27,28)(H,29,30);3-4,6-9,12-13,15,26,30H,5,10-11,14H2,1-2H3,(H,27,31);3-4,6-9,12-13,15,27,30H,5,10-11,14H2,1-2H3,(H,26,31);3-4,6-9,12-15,26,30H,5,10-11H2,1-2H3,(H,25,27). The first-order valence-electron chi connectivity index (χ1n) is 42.7. The van der Waals surface area contributed by atoms with Crippen LogP contribution in [0.25, 0.3) is 155 Å². The number of piperazine rings is 1. The van der Waals surface area contributed by atoms with Gasteiger partial charge in [-0.15, -0.1) is 0 Å². The third kappa shape index (κ3) is 16.7. The van der Waals surface area contributed by atoms with Gasteiger partial charge in [0, 0.05) is 194 Å². The van der Waals surface area contributed by atoms with Gasteiger partial charge < -0.3 is 93.9 Å². The number of aromatic nitrogens is 12. The molecule has 1 saturated heterocycles. The molecule has 12 N–H and O–H groups in total. The number of carbonyl (C=O) groups excluding carboxylic acids is 2. The van der Waals surface area contributed by atoms with Crippen LogP contribution in [0.15, 0.2) is 225 Å². The van der Waals surface area contributed by atoms with Crippen molar-refractivity contribution in [1.82, 2.24) is 89.2 Å². The third-order valence-electron chi connectivity index (χ3n) is 24.2. The first kappa shape index (κ1) is 82.4. The van der Waals surface area contributed by atoms with Crippen LogP contribution in [0.2, 0.25) is 0 Å². The number of methoxy groups -OCH3 is 1. The Labute approximate surface area is 727 Å². The third-order valence-corrected chi connectivity index (χ3v) is 24.2. The molecular formula is C100H103N19O7. The first-order chi connectivity index (χ1) is 61.2. The number of rotatable bonds is 22. The van der Waals surface area contributed by atoms with Crippen LogP contribution in [0, 0.1) is 0 Å². The molecule has 9 aromatic carbocycles. The summed E-state index contributed by atoms with van der Waals surface area (Å²) in [6, 6.07) is 62.6. The topological polar surface area (TPSA) is 313 Å². The summed E-state index contributed by atoms with van der Waals surface area (Å²) in [4.78, 5) is 55.7. The van der Waals surface area contributed by atoms with Crippen molar-refractivity contribution in [3.05, 3.63) is 247 Å². The highest BCUT2D eigenvalue weighted by molar-refractivity contribution is 6.34. The highest BCUT2D eigenvalue weighted by Crippen LogP contribution is 2.44. The van der Waals surface area contributed by atoms with E-state index in [1.165, 1.54) is 0 Å². The number of nitrogens with zero attached hydrogens (tertiary/aromatic N) is 11. The summed E-state index contributed by atoms with van der Waals surface area (Å²) in [5.41, 5.74) is 24.1. The predicted octanol–water partition coefficient (Wildman–Crippen LogP) is 16.7. The highest BCUT2D eigenvalue weighted by Gasteiger charge is 2.32. The van der Waals surface area contributed by atoms with Crippen LogP contribution < -0.4 is 20.3 Å². The lowest BCUT2D eigenvalue weighted by atomic mass is 9.96. The Morgan fingerprint density at radius 3 is 1.57 bits per heavy atom. The number of ether oxygens (including phenoxy) is 1. The van der Waals surface area contributed by atoms with E-state index in [1.54, 1.807) is 49.6 Å². The summed E-state index contributed by atoms with van der Waals surface area (Å²) in [5.74, 6) is 2.13. The van der Waals surface area contributed by atoms with Crippen molar-refractivity contribution in [2.45, 2.75) is 38.9 Å². The molecule has 12 heterocycles. The number of anilines is 1. The minimum absolute atomic E-state index is 0.0617. The fourth-order valence-corrected chi connectivity index (χ4v) is 17.9. The molecule has 0 spiro atoms. The van der Waals surface area contributed by atoms with Crippen LogP contribution >= 0.6 is 0 Å². The van der Waals surface area contributed by atoms with Crippen LogP contribution in [0.4, 0.5) is 5.69 Å². The molecule has 1 fully saturated rings. The number of para-hydroxylation sites is 4. The number of amides is 2. The van der Waals surface area contributed by atoms with Gasteiger partial charge in [-0.05, 0) is 226 Å². The Morgan fingerprint density at radius 2 is 0.976 bits per heavy atom. The van der Waals surface area contributed by atoms with Gasteiger partial charge in [-0.1, -0.05) is 66.7 Å². The second kappa shape index (κ2) is 35.3. The maximum atomic E-state index is 12.9. The molecule has 0 saturated carbocycles. The zero-order valence-electron chi connectivity index (χ0n) is 71.9. The summed E-state index contributed by atoms with van der Waals surface area (Å²) in [5, 5.41) is 68.8. The number of aromatic hydroxyl groups is 4. The Balaban J connectivity index is 0.000000114. The van der Waals surface area contributed by atoms with E-state index in [1.807, 2.05) is 128 Å². The number of carbonyl (C=O) groups is 2. The molecule has 0 bridgehead atoms. The molecule has 21 rings (SSSR count). The number of phenolic OH excluding ortho intramolecular Hbond substituents is 4. The van der Waals surface area contributed by atoms with Crippen LogP contribution in [0.5, 0.6) is 28.7 Å². The Hall–Kier alpha value is -14.6. The van der Waals surface area contributed by atoms with Crippen molar-refractivity contribution in [2.24, 2.45) is 0 Å². The maximum absolute atomic E-state index is 12.9. The van der Waals surface area contributed by atoms with E-state index in [0.717, 1.165) is 256 Å². The van der Waals surface area contributed by atoms with Crippen molar-refractivity contribution in [3.63, 3.8) is 0 Å². The molecule has 3 aliphatic heterocycles. The lowest BCUT2D eigenvalue weighted by Gasteiger charge is -2.34. The molecule has 3 aliphatic rings.